The van der Waals surface area contributed by atoms with E-state index in [-0.39, 0.29) is 5.82 Å². The summed E-state index contributed by atoms with van der Waals surface area (Å²) in [4.78, 5) is 14.4. The van der Waals surface area contributed by atoms with Crippen molar-refractivity contribution >= 4 is 5.95 Å². The highest BCUT2D eigenvalue weighted by Gasteiger charge is 2.26. The molecule has 3 heterocycles. The van der Waals surface area contributed by atoms with Gasteiger partial charge in [-0.1, -0.05) is 19.9 Å². The van der Waals surface area contributed by atoms with Crippen molar-refractivity contribution in [2.75, 3.05) is 31.1 Å². The van der Waals surface area contributed by atoms with Gasteiger partial charge in [-0.25, -0.2) is 9.37 Å². The molecule has 5 nitrogen and oxygen atoms in total. The number of benzene rings is 1. The molecule has 2 aromatic rings. The van der Waals surface area contributed by atoms with Crippen LogP contribution in [-0.2, 0) is 13.0 Å². The highest BCUT2D eigenvalue weighted by Crippen LogP contribution is 2.32. The van der Waals surface area contributed by atoms with Gasteiger partial charge in [-0.15, -0.1) is 0 Å². The molecule has 0 amide bonds. The number of hydrogen-bond acceptors (Lipinski definition) is 5. The summed E-state index contributed by atoms with van der Waals surface area (Å²) in [6.45, 7) is 9.24. The molecule has 1 aromatic carbocycles. The average molecular weight is 384 g/mol. The van der Waals surface area contributed by atoms with E-state index in [4.69, 9.17) is 14.7 Å². The first kappa shape index (κ1) is 19.1. The maximum atomic E-state index is 13.7. The van der Waals surface area contributed by atoms with Crippen molar-refractivity contribution in [3.63, 3.8) is 0 Å². The molecule has 0 N–H and O–H groups in total. The standard InChI is InChI=1S/C22H29FN4O/c1-16(2)14-26-12-9-20-19(15-26)21(28-18-8-6-7-17(23)13-18)25-22(24-20)27-10-4-3-5-11-27/h6-8,13,16H,3-5,9-12,14-15H2,1-2H3. The number of aromatic nitrogens is 2. The van der Waals surface area contributed by atoms with Crippen molar-refractivity contribution in [1.82, 2.24) is 14.9 Å². The molecule has 0 saturated carbocycles. The number of piperidine rings is 1. The van der Waals surface area contributed by atoms with Crippen LogP contribution in [0.1, 0.15) is 44.4 Å². The lowest BCUT2D eigenvalue weighted by Gasteiger charge is -2.32. The molecule has 6 heteroatoms. The first-order valence-electron chi connectivity index (χ1n) is 10.4. The average Bonchev–Trinajstić information content (AvgIpc) is 2.68. The van der Waals surface area contributed by atoms with Crippen molar-refractivity contribution in [1.29, 1.82) is 0 Å². The molecule has 0 unspecified atom stereocenters. The van der Waals surface area contributed by atoms with Crippen LogP contribution in [0.5, 0.6) is 11.6 Å². The van der Waals surface area contributed by atoms with E-state index in [9.17, 15) is 4.39 Å². The molecule has 28 heavy (non-hydrogen) atoms. The fourth-order valence-corrected chi connectivity index (χ4v) is 4.06. The quantitative estimate of drug-likeness (QED) is 0.764. The molecular weight excluding hydrogens is 355 g/mol. The zero-order chi connectivity index (χ0) is 19.5. The molecule has 0 bridgehead atoms. The van der Waals surface area contributed by atoms with Crippen LogP contribution in [0.25, 0.3) is 0 Å². The lowest BCUT2D eigenvalue weighted by Crippen LogP contribution is -2.36. The fraction of sp³-hybridized carbons (Fsp3) is 0.545. The zero-order valence-electron chi connectivity index (χ0n) is 16.8. The summed E-state index contributed by atoms with van der Waals surface area (Å²) in [5.74, 6) is 2.10. The lowest BCUT2D eigenvalue weighted by atomic mass is 10.0. The summed E-state index contributed by atoms with van der Waals surface area (Å²) in [5.41, 5.74) is 2.11. The van der Waals surface area contributed by atoms with Gasteiger partial charge in [0.15, 0.2) is 0 Å². The van der Waals surface area contributed by atoms with Crippen LogP contribution in [0.4, 0.5) is 10.3 Å². The molecular formula is C22H29FN4O. The van der Waals surface area contributed by atoms with Gasteiger partial charge in [-0.2, -0.15) is 4.98 Å². The topological polar surface area (TPSA) is 41.5 Å². The number of fused-ring (bicyclic) bond motifs is 1. The van der Waals surface area contributed by atoms with Crippen LogP contribution in [0.15, 0.2) is 24.3 Å². The maximum Gasteiger partial charge on any atom is 0.228 e. The Morgan fingerprint density at radius 2 is 1.93 bits per heavy atom. The highest BCUT2D eigenvalue weighted by atomic mass is 19.1. The van der Waals surface area contributed by atoms with Gasteiger partial charge < -0.3 is 9.64 Å². The minimum atomic E-state index is -0.307. The predicted molar refractivity (Wildman–Crippen MR) is 108 cm³/mol. The minimum Gasteiger partial charge on any atom is -0.438 e. The SMILES string of the molecule is CC(C)CN1CCc2nc(N3CCCCC3)nc(Oc3cccc(F)c3)c2C1. The van der Waals surface area contributed by atoms with Crippen molar-refractivity contribution in [2.24, 2.45) is 5.92 Å². The zero-order valence-corrected chi connectivity index (χ0v) is 16.8. The highest BCUT2D eigenvalue weighted by molar-refractivity contribution is 5.43. The lowest BCUT2D eigenvalue weighted by molar-refractivity contribution is 0.220. The smallest absolute Gasteiger partial charge is 0.228 e. The van der Waals surface area contributed by atoms with Crippen molar-refractivity contribution < 1.29 is 9.13 Å². The van der Waals surface area contributed by atoms with E-state index in [1.165, 1.54) is 31.4 Å². The summed E-state index contributed by atoms with van der Waals surface area (Å²) in [6, 6.07) is 6.26. The molecule has 0 aliphatic carbocycles. The first-order chi connectivity index (χ1) is 13.6. The predicted octanol–water partition coefficient (Wildman–Crippen LogP) is 4.41. The van der Waals surface area contributed by atoms with Crippen LogP contribution in [0.2, 0.25) is 0 Å². The second kappa shape index (κ2) is 8.43. The third kappa shape index (κ3) is 4.43. The van der Waals surface area contributed by atoms with Gasteiger partial charge >= 0.3 is 0 Å². The van der Waals surface area contributed by atoms with E-state index in [0.717, 1.165) is 56.4 Å². The van der Waals surface area contributed by atoms with Gasteiger partial charge in [0.1, 0.15) is 11.6 Å². The van der Waals surface area contributed by atoms with E-state index in [2.05, 4.69) is 23.6 Å². The summed E-state index contributed by atoms with van der Waals surface area (Å²) in [7, 11) is 0. The van der Waals surface area contributed by atoms with Gasteiger partial charge in [0.05, 0.1) is 11.3 Å². The number of anilines is 1. The Labute approximate surface area is 166 Å². The van der Waals surface area contributed by atoms with Crippen molar-refractivity contribution in [2.45, 2.75) is 46.1 Å². The summed E-state index contributed by atoms with van der Waals surface area (Å²) in [6.07, 6.45) is 4.49. The molecule has 2 aliphatic rings. The monoisotopic (exact) mass is 384 g/mol. The van der Waals surface area contributed by atoms with Gasteiger partial charge in [-0.3, -0.25) is 4.90 Å². The molecule has 0 spiro atoms. The number of nitrogens with zero attached hydrogens (tertiary/aromatic N) is 4. The summed E-state index contributed by atoms with van der Waals surface area (Å²) >= 11 is 0. The molecule has 150 valence electrons. The van der Waals surface area contributed by atoms with E-state index in [0.29, 0.717) is 17.5 Å². The van der Waals surface area contributed by atoms with E-state index in [1.54, 1.807) is 12.1 Å². The van der Waals surface area contributed by atoms with Crippen LogP contribution in [-0.4, -0.2) is 41.0 Å². The Bertz CT molecular complexity index is 820. The Kier molecular flexibility index (Phi) is 5.76. The number of hydrogen-bond donors (Lipinski definition) is 0. The van der Waals surface area contributed by atoms with Crippen LogP contribution >= 0.6 is 0 Å². The molecule has 1 fully saturated rings. The molecule has 2 aliphatic heterocycles. The second-order valence-corrected chi connectivity index (χ2v) is 8.24. The number of rotatable bonds is 5. The van der Waals surface area contributed by atoms with Crippen molar-refractivity contribution in [3.05, 3.63) is 41.3 Å². The van der Waals surface area contributed by atoms with Gasteiger partial charge in [0, 0.05) is 45.2 Å². The first-order valence-corrected chi connectivity index (χ1v) is 10.4. The normalized spacial score (nSPS) is 17.6. The maximum absolute atomic E-state index is 13.7. The van der Waals surface area contributed by atoms with E-state index >= 15 is 0 Å². The Morgan fingerprint density at radius 3 is 2.68 bits per heavy atom. The summed E-state index contributed by atoms with van der Waals surface area (Å²) in [5, 5.41) is 0. The molecule has 0 atom stereocenters. The number of halogens is 1. The minimum absolute atomic E-state index is 0.307. The Hall–Kier alpha value is -2.21. The largest absolute Gasteiger partial charge is 0.438 e. The van der Waals surface area contributed by atoms with Crippen molar-refractivity contribution in [3.8, 4) is 11.6 Å². The Morgan fingerprint density at radius 1 is 1.11 bits per heavy atom. The summed E-state index contributed by atoms with van der Waals surface area (Å²) < 4.78 is 19.8. The van der Waals surface area contributed by atoms with E-state index < -0.39 is 0 Å². The number of ether oxygens (including phenoxy) is 1. The van der Waals surface area contributed by atoms with Gasteiger partial charge in [-0.05, 0) is 37.3 Å². The third-order valence-corrected chi connectivity index (χ3v) is 5.36. The van der Waals surface area contributed by atoms with Crippen LogP contribution < -0.4 is 9.64 Å². The molecule has 1 aromatic heterocycles. The van der Waals surface area contributed by atoms with Crippen LogP contribution in [0.3, 0.4) is 0 Å². The third-order valence-electron chi connectivity index (χ3n) is 5.36. The Balaban J connectivity index is 1.67. The molecule has 1 saturated heterocycles. The van der Waals surface area contributed by atoms with Gasteiger partial charge in [0.2, 0.25) is 11.8 Å². The van der Waals surface area contributed by atoms with Gasteiger partial charge in [0.25, 0.3) is 0 Å². The fourth-order valence-electron chi connectivity index (χ4n) is 4.06. The van der Waals surface area contributed by atoms with Crippen LogP contribution in [0, 0.1) is 11.7 Å². The molecule has 4 rings (SSSR count). The molecule has 0 radical (unpaired) electrons. The second-order valence-electron chi connectivity index (χ2n) is 8.24. The van der Waals surface area contributed by atoms with E-state index in [1.807, 2.05) is 0 Å².